The average Bonchev–Trinajstić information content (AvgIpc) is 2.67. The molecule has 0 N–H and O–H groups in total. The number of alkyl halides is 3. The van der Waals surface area contributed by atoms with Gasteiger partial charge in [0, 0.05) is 32.4 Å². The van der Waals surface area contributed by atoms with Crippen LogP contribution in [0.25, 0.3) is 0 Å². The number of benzene rings is 1. The largest absolute Gasteiger partial charge is 0.417 e. The van der Waals surface area contributed by atoms with E-state index in [0.717, 1.165) is 11.9 Å². The molecule has 0 saturated carbocycles. The van der Waals surface area contributed by atoms with E-state index in [1.807, 2.05) is 25.2 Å². The van der Waals surface area contributed by atoms with Gasteiger partial charge in [0.15, 0.2) is 0 Å². The normalized spacial score (nSPS) is 15.8. The van der Waals surface area contributed by atoms with Crippen LogP contribution in [-0.2, 0) is 6.18 Å². The Balaban J connectivity index is 1.68. The number of carbonyl (C=O) groups excluding carboxylic acids is 1. The Labute approximate surface area is 150 Å². The van der Waals surface area contributed by atoms with Gasteiger partial charge in [-0.1, -0.05) is 18.2 Å². The Kier molecular flexibility index (Phi) is 5.15. The number of aromatic nitrogens is 1. The van der Waals surface area contributed by atoms with E-state index in [9.17, 15) is 18.0 Å². The maximum absolute atomic E-state index is 13.1. The lowest BCUT2D eigenvalue weighted by atomic mass is 10.0. The monoisotopic (exact) mass is 363 g/mol. The zero-order valence-electron chi connectivity index (χ0n) is 14.4. The molecule has 7 heteroatoms. The predicted octanol–water partition coefficient (Wildman–Crippen LogP) is 3.84. The molecule has 138 valence electrons. The van der Waals surface area contributed by atoms with Crippen LogP contribution in [0.3, 0.4) is 0 Å². The highest BCUT2D eigenvalue weighted by Gasteiger charge is 2.36. The number of piperidine rings is 1. The van der Waals surface area contributed by atoms with Crippen LogP contribution in [0, 0.1) is 0 Å². The van der Waals surface area contributed by atoms with E-state index in [2.05, 4.69) is 9.88 Å². The van der Waals surface area contributed by atoms with Gasteiger partial charge in [0.25, 0.3) is 5.91 Å². The molecule has 0 spiro atoms. The van der Waals surface area contributed by atoms with Crippen molar-refractivity contribution in [1.82, 2.24) is 9.88 Å². The molecule has 0 unspecified atom stereocenters. The highest BCUT2D eigenvalue weighted by atomic mass is 19.4. The number of likely N-dealkylation sites (tertiary alicyclic amines) is 1. The van der Waals surface area contributed by atoms with Crippen molar-refractivity contribution in [3.05, 3.63) is 59.8 Å². The topological polar surface area (TPSA) is 36.4 Å². The number of rotatable bonds is 3. The molecule has 0 aliphatic carbocycles. The molecule has 0 radical (unpaired) electrons. The molecule has 1 fully saturated rings. The van der Waals surface area contributed by atoms with Gasteiger partial charge in [0.1, 0.15) is 5.82 Å². The second kappa shape index (κ2) is 7.35. The van der Waals surface area contributed by atoms with Crippen LogP contribution in [-0.4, -0.2) is 42.0 Å². The van der Waals surface area contributed by atoms with Gasteiger partial charge >= 0.3 is 6.18 Å². The summed E-state index contributed by atoms with van der Waals surface area (Å²) >= 11 is 0. The molecule has 1 aliphatic rings. The first-order valence-corrected chi connectivity index (χ1v) is 8.47. The summed E-state index contributed by atoms with van der Waals surface area (Å²) in [6.07, 6.45) is -1.44. The van der Waals surface area contributed by atoms with Crippen molar-refractivity contribution in [1.29, 1.82) is 0 Å². The molecular weight excluding hydrogens is 343 g/mol. The van der Waals surface area contributed by atoms with E-state index < -0.39 is 17.6 Å². The molecule has 2 heterocycles. The van der Waals surface area contributed by atoms with Crippen LogP contribution >= 0.6 is 0 Å². The fraction of sp³-hybridized carbons (Fsp3) is 0.368. The van der Waals surface area contributed by atoms with Crippen LogP contribution in [0.4, 0.5) is 19.0 Å². The number of anilines is 1. The Morgan fingerprint density at radius 1 is 1.12 bits per heavy atom. The summed E-state index contributed by atoms with van der Waals surface area (Å²) in [5.41, 5.74) is -1.16. The second-order valence-corrected chi connectivity index (χ2v) is 6.37. The Morgan fingerprint density at radius 3 is 2.38 bits per heavy atom. The molecule has 1 aromatic carbocycles. The van der Waals surface area contributed by atoms with Crippen molar-refractivity contribution >= 4 is 11.7 Å². The number of nitrogens with zero attached hydrogens (tertiary/aromatic N) is 3. The summed E-state index contributed by atoms with van der Waals surface area (Å²) in [6, 6.07) is 10.8. The molecule has 1 aromatic heterocycles. The number of pyridine rings is 1. The molecule has 1 amide bonds. The van der Waals surface area contributed by atoms with Gasteiger partial charge in [-0.05, 0) is 37.1 Å². The van der Waals surface area contributed by atoms with Crippen LogP contribution in [0.5, 0.6) is 0 Å². The third-order valence-corrected chi connectivity index (χ3v) is 4.77. The molecule has 0 atom stereocenters. The van der Waals surface area contributed by atoms with Crippen LogP contribution in [0.15, 0.2) is 48.7 Å². The van der Waals surface area contributed by atoms with Gasteiger partial charge in [0.05, 0.1) is 11.1 Å². The minimum atomic E-state index is -4.54. The Hall–Kier alpha value is -2.57. The SMILES string of the molecule is CN(c1ccccn1)C1CCN(C(=O)c2ccccc2C(F)(F)F)CC1. The van der Waals surface area contributed by atoms with Crippen molar-refractivity contribution < 1.29 is 18.0 Å². The standard InChI is InChI=1S/C19H20F3N3O/c1-24(17-8-4-5-11-23-17)14-9-12-25(13-10-14)18(26)15-6-2-3-7-16(15)19(20,21)22/h2-8,11,14H,9-10,12-13H2,1H3. The first-order chi connectivity index (χ1) is 12.4. The van der Waals surface area contributed by atoms with Gasteiger partial charge in [0.2, 0.25) is 0 Å². The van der Waals surface area contributed by atoms with Gasteiger partial charge in [-0.2, -0.15) is 13.2 Å². The molecular formula is C19H20F3N3O. The van der Waals surface area contributed by atoms with E-state index >= 15 is 0 Å². The summed E-state index contributed by atoms with van der Waals surface area (Å²) in [5.74, 6) is 0.288. The van der Waals surface area contributed by atoms with Crippen molar-refractivity contribution in [3.63, 3.8) is 0 Å². The van der Waals surface area contributed by atoms with Crippen molar-refractivity contribution in [2.45, 2.75) is 25.1 Å². The fourth-order valence-corrected chi connectivity index (χ4v) is 3.29. The van der Waals surface area contributed by atoms with E-state index in [0.29, 0.717) is 25.9 Å². The number of carbonyl (C=O) groups is 1. The van der Waals surface area contributed by atoms with Gasteiger partial charge in [-0.25, -0.2) is 4.98 Å². The molecule has 3 rings (SSSR count). The first-order valence-electron chi connectivity index (χ1n) is 8.47. The van der Waals surface area contributed by atoms with Crippen LogP contribution < -0.4 is 4.90 Å². The molecule has 1 saturated heterocycles. The summed E-state index contributed by atoms with van der Waals surface area (Å²) in [6.45, 7) is 0.847. The fourth-order valence-electron chi connectivity index (χ4n) is 3.29. The zero-order valence-corrected chi connectivity index (χ0v) is 14.4. The molecule has 2 aromatic rings. The lowest BCUT2D eigenvalue weighted by molar-refractivity contribution is -0.138. The highest BCUT2D eigenvalue weighted by molar-refractivity contribution is 5.96. The van der Waals surface area contributed by atoms with Gasteiger partial charge < -0.3 is 9.80 Å². The van der Waals surface area contributed by atoms with Crippen LogP contribution in [0.2, 0.25) is 0 Å². The van der Waals surface area contributed by atoms with E-state index in [1.54, 1.807) is 6.20 Å². The number of hydrogen-bond acceptors (Lipinski definition) is 3. The minimum Gasteiger partial charge on any atom is -0.357 e. The number of hydrogen-bond donors (Lipinski definition) is 0. The maximum atomic E-state index is 13.1. The Bertz CT molecular complexity index is 756. The predicted molar refractivity (Wildman–Crippen MR) is 93.0 cm³/mol. The zero-order chi connectivity index (χ0) is 18.7. The van der Waals surface area contributed by atoms with E-state index in [1.165, 1.54) is 23.1 Å². The van der Waals surface area contributed by atoms with Crippen molar-refractivity contribution in [2.24, 2.45) is 0 Å². The summed E-state index contributed by atoms with van der Waals surface area (Å²) < 4.78 is 39.4. The molecule has 26 heavy (non-hydrogen) atoms. The van der Waals surface area contributed by atoms with Crippen molar-refractivity contribution in [2.75, 3.05) is 25.0 Å². The molecule has 4 nitrogen and oxygen atoms in total. The maximum Gasteiger partial charge on any atom is 0.417 e. The lowest BCUT2D eigenvalue weighted by Crippen LogP contribution is -2.46. The minimum absolute atomic E-state index is 0.201. The molecule has 0 bridgehead atoms. The number of amides is 1. The third-order valence-electron chi connectivity index (χ3n) is 4.77. The second-order valence-electron chi connectivity index (χ2n) is 6.37. The van der Waals surface area contributed by atoms with Crippen molar-refractivity contribution in [3.8, 4) is 0 Å². The average molecular weight is 363 g/mol. The quantitative estimate of drug-likeness (QED) is 0.831. The Morgan fingerprint density at radius 2 is 1.77 bits per heavy atom. The summed E-state index contributed by atoms with van der Waals surface area (Å²) in [5, 5.41) is 0. The summed E-state index contributed by atoms with van der Waals surface area (Å²) in [4.78, 5) is 20.5. The lowest BCUT2D eigenvalue weighted by Gasteiger charge is -2.37. The van der Waals surface area contributed by atoms with Gasteiger partial charge in [-0.3, -0.25) is 4.79 Å². The first kappa shape index (κ1) is 18.2. The van der Waals surface area contributed by atoms with E-state index in [-0.39, 0.29) is 11.6 Å². The number of halogens is 3. The van der Waals surface area contributed by atoms with Gasteiger partial charge in [-0.15, -0.1) is 0 Å². The van der Waals surface area contributed by atoms with E-state index in [4.69, 9.17) is 0 Å². The van der Waals surface area contributed by atoms with Crippen LogP contribution in [0.1, 0.15) is 28.8 Å². The smallest absolute Gasteiger partial charge is 0.357 e. The highest BCUT2D eigenvalue weighted by Crippen LogP contribution is 2.33. The summed E-state index contributed by atoms with van der Waals surface area (Å²) in [7, 11) is 1.95. The third kappa shape index (κ3) is 3.81. The molecule has 1 aliphatic heterocycles.